The number of hydrogen-bond donors (Lipinski definition) is 0. The van der Waals surface area contributed by atoms with Crippen molar-refractivity contribution in [3.05, 3.63) is 65.7 Å². The number of ether oxygens (including phenoxy) is 2. The second-order valence-corrected chi connectivity index (χ2v) is 10.4. The first-order chi connectivity index (χ1) is 18.7. The number of aliphatic imine (C=N–C) groups is 1. The van der Waals surface area contributed by atoms with Crippen LogP contribution in [0.5, 0.6) is 11.6 Å². The number of anilines is 1. The van der Waals surface area contributed by atoms with Crippen LogP contribution in [0.1, 0.15) is 23.2 Å². The van der Waals surface area contributed by atoms with Crippen LogP contribution in [0.2, 0.25) is 0 Å². The van der Waals surface area contributed by atoms with E-state index in [4.69, 9.17) is 31.2 Å². The molecule has 0 spiro atoms. The quantitative estimate of drug-likeness (QED) is 0.321. The van der Waals surface area contributed by atoms with Crippen LogP contribution < -0.4 is 14.4 Å². The summed E-state index contributed by atoms with van der Waals surface area (Å²) < 4.78 is 12.9. The Bertz CT molecular complexity index is 1490. The minimum Gasteiger partial charge on any atom is -0.491 e. The Morgan fingerprint density at radius 2 is 1.97 bits per heavy atom. The predicted octanol–water partition coefficient (Wildman–Crippen LogP) is 3.81. The summed E-state index contributed by atoms with van der Waals surface area (Å²) in [5, 5.41) is 4.73. The maximum absolute atomic E-state index is 5.86. The van der Waals surface area contributed by atoms with E-state index in [0.29, 0.717) is 37.0 Å². The molecule has 2 atom stereocenters. The first-order valence-corrected chi connectivity index (χ1v) is 13.4. The molecular formula is C28H28ClN7O2. The van der Waals surface area contributed by atoms with Gasteiger partial charge in [-0.05, 0) is 30.2 Å². The van der Waals surface area contributed by atoms with Gasteiger partial charge in [0.25, 0.3) is 0 Å². The Balaban J connectivity index is 1.10. The normalized spacial score (nSPS) is 20.0. The van der Waals surface area contributed by atoms with Crippen LogP contribution in [0, 0.1) is 0 Å². The molecule has 3 saturated heterocycles. The third-order valence-electron chi connectivity index (χ3n) is 7.72. The van der Waals surface area contributed by atoms with Crippen molar-refractivity contribution in [1.82, 2.24) is 24.5 Å². The molecule has 0 aromatic carbocycles. The molecule has 2 bridgehead atoms. The summed E-state index contributed by atoms with van der Waals surface area (Å²) in [7, 11) is 1.64. The Hall–Kier alpha value is -3.69. The second kappa shape index (κ2) is 9.56. The standard InChI is InChI=1S/C28H28ClN7O2/c1-37-27-5-2-18(10-32-27)14-35-20-8-21(35)16-34(15-20)26-4-3-19(11-31-26)23-9-22(38-7-6-29)17-36-28(23)24-12-30-13-25(24)33-36/h2-5,9-12,17,20-21H,6-8,13-16H2,1H3. The number of fused-ring (bicyclic) bond motifs is 5. The van der Waals surface area contributed by atoms with Gasteiger partial charge in [0.2, 0.25) is 5.88 Å². The van der Waals surface area contributed by atoms with Crippen LogP contribution in [0.25, 0.3) is 16.6 Å². The lowest BCUT2D eigenvalue weighted by Gasteiger charge is -2.56. The highest BCUT2D eigenvalue weighted by molar-refractivity contribution is 6.18. The number of halogens is 1. The largest absolute Gasteiger partial charge is 0.491 e. The van der Waals surface area contributed by atoms with Crippen molar-refractivity contribution in [3.63, 3.8) is 0 Å². The molecule has 3 fully saturated rings. The molecule has 4 aliphatic heterocycles. The summed E-state index contributed by atoms with van der Waals surface area (Å²) in [5.41, 5.74) is 6.34. The fourth-order valence-corrected chi connectivity index (χ4v) is 5.93. The average Bonchev–Trinajstić information content (AvgIpc) is 3.56. The topological polar surface area (TPSA) is 80.4 Å². The summed E-state index contributed by atoms with van der Waals surface area (Å²) in [4.78, 5) is 18.7. The summed E-state index contributed by atoms with van der Waals surface area (Å²) >= 11 is 5.86. The molecule has 4 aliphatic rings. The monoisotopic (exact) mass is 529 g/mol. The lowest BCUT2D eigenvalue weighted by atomic mass is 9.87. The van der Waals surface area contributed by atoms with Crippen LogP contribution in [0.4, 0.5) is 5.82 Å². The van der Waals surface area contributed by atoms with E-state index in [1.165, 1.54) is 12.0 Å². The molecule has 9 nitrogen and oxygen atoms in total. The first kappa shape index (κ1) is 23.4. The van der Waals surface area contributed by atoms with Gasteiger partial charge in [-0.15, -0.1) is 11.6 Å². The van der Waals surface area contributed by atoms with E-state index in [2.05, 4.69) is 44.0 Å². The van der Waals surface area contributed by atoms with E-state index in [1.54, 1.807) is 7.11 Å². The summed E-state index contributed by atoms with van der Waals surface area (Å²) in [6.07, 6.45) is 8.93. The van der Waals surface area contributed by atoms with Gasteiger partial charge in [0.05, 0.1) is 36.9 Å². The van der Waals surface area contributed by atoms with Crippen LogP contribution in [-0.4, -0.2) is 75.5 Å². The van der Waals surface area contributed by atoms with Gasteiger partial charge in [-0.3, -0.25) is 9.89 Å². The van der Waals surface area contributed by atoms with Crippen molar-refractivity contribution in [1.29, 1.82) is 0 Å². The fraction of sp³-hybridized carbons (Fsp3) is 0.357. The van der Waals surface area contributed by atoms with Gasteiger partial charge in [0.1, 0.15) is 18.2 Å². The number of pyridine rings is 3. The van der Waals surface area contributed by atoms with Crippen molar-refractivity contribution in [2.45, 2.75) is 31.6 Å². The maximum Gasteiger partial charge on any atom is 0.212 e. The zero-order valence-corrected chi connectivity index (χ0v) is 21.9. The molecule has 4 aromatic rings. The van der Waals surface area contributed by atoms with E-state index in [1.807, 2.05) is 35.4 Å². The minimum atomic E-state index is 0.429. The Morgan fingerprint density at radius 1 is 1.08 bits per heavy atom. The molecule has 38 heavy (non-hydrogen) atoms. The number of piperidine rings is 1. The van der Waals surface area contributed by atoms with Crippen molar-refractivity contribution in [3.8, 4) is 22.8 Å². The van der Waals surface area contributed by atoms with Crippen molar-refractivity contribution < 1.29 is 9.47 Å². The molecule has 0 N–H and O–H groups in total. The van der Waals surface area contributed by atoms with Crippen LogP contribution in [-0.2, 0) is 13.1 Å². The maximum atomic E-state index is 5.86. The number of alkyl halides is 1. The minimum absolute atomic E-state index is 0.429. The molecule has 8 rings (SSSR count). The van der Waals surface area contributed by atoms with Gasteiger partial charge in [-0.1, -0.05) is 6.07 Å². The van der Waals surface area contributed by atoms with E-state index in [0.717, 1.165) is 59.1 Å². The Kier molecular flexibility index (Phi) is 5.89. The van der Waals surface area contributed by atoms with Crippen molar-refractivity contribution in [2.24, 2.45) is 4.99 Å². The van der Waals surface area contributed by atoms with Crippen LogP contribution in [0.15, 0.2) is 53.9 Å². The van der Waals surface area contributed by atoms with Crippen molar-refractivity contribution >= 4 is 29.2 Å². The highest BCUT2D eigenvalue weighted by Gasteiger charge is 2.44. The zero-order valence-electron chi connectivity index (χ0n) is 21.1. The van der Waals surface area contributed by atoms with Crippen LogP contribution >= 0.6 is 11.6 Å². The number of nitrogens with zero attached hydrogens (tertiary/aromatic N) is 7. The van der Waals surface area contributed by atoms with Gasteiger partial charge in [0, 0.05) is 73.1 Å². The molecule has 8 heterocycles. The summed E-state index contributed by atoms with van der Waals surface area (Å²) in [6, 6.07) is 11.4. The lowest BCUT2D eigenvalue weighted by molar-refractivity contribution is -0.00876. The average molecular weight is 530 g/mol. The van der Waals surface area contributed by atoms with Gasteiger partial charge in [-0.2, -0.15) is 5.10 Å². The number of methoxy groups -OCH3 is 1. The van der Waals surface area contributed by atoms with Crippen LogP contribution in [0.3, 0.4) is 0 Å². The molecule has 194 valence electrons. The molecule has 10 heteroatoms. The molecular weight excluding hydrogens is 502 g/mol. The smallest absolute Gasteiger partial charge is 0.212 e. The summed E-state index contributed by atoms with van der Waals surface area (Å²) in [6.45, 7) is 3.92. The zero-order chi connectivity index (χ0) is 25.6. The van der Waals surface area contributed by atoms with Gasteiger partial charge in [-0.25, -0.2) is 14.5 Å². The second-order valence-electron chi connectivity index (χ2n) is 9.98. The summed E-state index contributed by atoms with van der Waals surface area (Å²) in [5.74, 6) is 2.83. The van der Waals surface area contributed by atoms with Gasteiger partial charge >= 0.3 is 0 Å². The Labute approximate surface area is 225 Å². The lowest BCUT2D eigenvalue weighted by Crippen LogP contribution is -2.68. The van der Waals surface area contributed by atoms with Gasteiger partial charge < -0.3 is 14.4 Å². The predicted molar refractivity (Wildman–Crippen MR) is 147 cm³/mol. The first-order valence-electron chi connectivity index (χ1n) is 12.9. The van der Waals surface area contributed by atoms with E-state index in [-0.39, 0.29) is 0 Å². The number of rotatable bonds is 8. The van der Waals surface area contributed by atoms with E-state index in [9.17, 15) is 0 Å². The number of aromatic nitrogens is 4. The Morgan fingerprint density at radius 3 is 2.71 bits per heavy atom. The highest BCUT2D eigenvalue weighted by Crippen LogP contribution is 2.37. The molecule has 0 amide bonds. The van der Waals surface area contributed by atoms with E-state index < -0.39 is 0 Å². The van der Waals surface area contributed by atoms with E-state index >= 15 is 0 Å². The molecule has 0 saturated carbocycles. The third kappa shape index (κ3) is 4.06. The SMILES string of the molecule is COc1ccc(CN2C3CC2CN(c2ccc(-c4cc(OCCCl)cn5nc6c(c45)C=NC6)cn2)C3)cn1. The molecule has 0 aliphatic carbocycles. The molecule has 4 aromatic heterocycles. The van der Waals surface area contributed by atoms with Gasteiger partial charge in [0.15, 0.2) is 0 Å². The molecule has 2 unspecified atom stereocenters. The van der Waals surface area contributed by atoms with Crippen molar-refractivity contribution in [2.75, 3.05) is 37.6 Å². The number of piperazine rings is 1. The molecule has 0 radical (unpaired) electrons. The number of hydrogen-bond acceptors (Lipinski definition) is 8. The highest BCUT2D eigenvalue weighted by atomic mass is 35.5. The fourth-order valence-electron chi connectivity index (χ4n) is 5.86. The third-order valence-corrected chi connectivity index (χ3v) is 7.88.